The second-order valence-electron chi connectivity index (χ2n) is 5.49. The number of benzene rings is 2. The molecule has 0 aliphatic carbocycles. The lowest BCUT2D eigenvalue weighted by molar-refractivity contribution is 0.0392. The van der Waals surface area contributed by atoms with E-state index in [4.69, 9.17) is 8.92 Å². The van der Waals surface area contributed by atoms with Crippen molar-refractivity contribution in [3.05, 3.63) is 65.7 Å². The lowest BCUT2D eigenvalue weighted by Crippen LogP contribution is -2.14. The normalized spacial score (nSPS) is 13.0. The van der Waals surface area contributed by atoms with Crippen LogP contribution in [-0.2, 0) is 25.6 Å². The molecule has 0 aromatic heterocycles. The van der Waals surface area contributed by atoms with Gasteiger partial charge in [0.25, 0.3) is 10.1 Å². The van der Waals surface area contributed by atoms with Crippen molar-refractivity contribution in [3.8, 4) is 0 Å². The van der Waals surface area contributed by atoms with Gasteiger partial charge in [0, 0.05) is 0 Å². The molecule has 5 heteroatoms. The molecule has 0 saturated heterocycles. The summed E-state index contributed by atoms with van der Waals surface area (Å²) >= 11 is 0. The molecule has 0 heterocycles. The summed E-state index contributed by atoms with van der Waals surface area (Å²) in [6, 6.07) is 16.5. The summed E-state index contributed by atoms with van der Waals surface area (Å²) < 4.78 is 34.8. The highest BCUT2D eigenvalue weighted by Gasteiger charge is 2.15. The minimum atomic E-state index is -3.70. The minimum Gasteiger partial charge on any atom is -0.374 e. The molecule has 0 spiro atoms. The van der Waals surface area contributed by atoms with Gasteiger partial charge in [0.1, 0.15) is 0 Å². The zero-order valence-corrected chi connectivity index (χ0v) is 14.3. The largest absolute Gasteiger partial charge is 0.374 e. The molecule has 0 saturated carbocycles. The molecule has 0 fully saturated rings. The third kappa shape index (κ3) is 5.78. The van der Waals surface area contributed by atoms with Crippen LogP contribution in [0.15, 0.2) is 59.5 Å². The Kier molecular flexibility index (Phi) is 6.33. The fraction of sp³-hybridized carbons (Fsp3) is 0.333. The van der Waals surface area contributed by atoms with Crippen LogP contribution in [0.1, 0.15) is 24.5 Å². The van der Waals surface area contributed by atoms with Gasteiger partial charge in [-0.15, -0.1) is 0 Å². The molecule has 2 aromatic carbocycles. The topological polar surface area (TPSA) is 52.6 Å². The van der Waals surface area contributed by atoms with Crippen LogP contribution in [0.2, 0.25) is 0 Å². The average molecular weight is 334 g/mol. The predicted molar refractivity (Wildman–Crippen MR) is 89.6 cm³/mol. The number of hydrogen-bond acceptors (Lipinski definition) is 4. The summed E-state index contributed by atoms with van der Waals surface area (Å²) in [5.74, 6) is 0. The van der Waals surface area contributed by atoms with Gasteiger partial charge in [-0.2, -0.15) is 8.42 Å². The number of ether oxygens (including phenoxy) is 1. The zero-order valence-electron chi connectivity index (χ0n) is 13.4. The third-order valence-electron chi connectivity index (χ3n) is 3.45. The Morgan fingerprint density at radius 3 is 2.30 bits per heavy atom. The first kappa shape index (κ1) is 17.7. The van der Waals surface area contributed by atoms with E-state index in [2.05, 4.69) is 0 Å². The van der Waals surface area contributed by atoms with Crippen LogP contribution < -0.4 is 0 Å². The first-order valence-electron chi connectivity index (χ1n) is 7.59. The van der Waals surface area contributed by atoms with E-state index in [9.17, 15) is 8.42 Å². The van der Waals surface area contributed by atoms with E-state index < -0.39 is 10.1 Å². The van der Waals surface area contributed by atoms with Crippen LogP contribution in [0.3, 0.4) is 0 Å². The number of hydrogen-bond donors (Lipinski definition) is 0. The van der Waals surface area contributed by atoms with Gasteiger partial charge in [-0.05, 0) is 38.0 Å². The second kappa shape index (κ2) is 8.24. The summed E-state index contributed by atoms with van der Waals surface area (Å²) in [6.45, 7) is 4.42. The van der Waals surface area contributed by atoms with Crippen molar-refractivity contribution >= 4 is 10.1 Å². The van der Waals surface area contributed by atoms with Crippen LogP contribution in [0.5, 0.6) is 0 Å². The van der Waals surface area contributed by atoms with E-state index in [1.807, 2.05) is 44.2 Å². The van der Waals surface area contributed by atoms with E-state index in [0.717, 1.165) is 11.1 Å². The monoisotopic (exact) mass is 334 g/mol. The predicted octanol–water partition coefficient (Wildman–Crippen LogP) is 3.70. The van der Waals surface area contributed by atoms with Gasteiger partial charge in [-0.25, -0.2) is 0 Å². The Morgan fingerprint density at radius 1 is 1.00 bits per heavy atom. The van der Waals surface area contributed by atoms with Crippen molar-refractivity contribution in [2.45, 2.75) is 37.9 Å². The molecule has 1 atom stereocenters. The maximum absolute atomic E-state index is 12.0. The lowest BCUT2D eigenvalue weighted by atomic mass is 10.2. The minimum absolute atomic E-state index is 0.0802. The van der Waals surface area contributed by atoms with E-state index in [1.165, 1.54) is 0 Å². The van der Waals surface area contributed by atoms with Crippen molar-refractivity contribution < 1.29 is 17.3 Å². The van der Waals surface area contributed by atoms with Crippen molar-refractivity contribution in [2.75, 3.05) is 6.61 Å². The molecule has 23 heavy (non-hydrogen) atoms. The maximum Gasteiger partial charge on any atom is 0.296 e. The third-order valence-corrected chi connectivity index (χ3v) is 4.78. The van der Waals surface area contributed by atoms with Gasteiger partial charge in [0.05, 0.1) is 24.2 Å². The smallest absolute Gasteiger partial charge is 0.296 e. The van der Waals surface area contributed by atoms with E-state index in [0.29, 0.717) is 13.0 Å². The standard InChI is InChI=1S/C18H22O4S/c1-15-8-10-18(11-9-15)23(19,20)22-13-12-16(2)21-14-17-6-4-3-5-7-17/h3-11,16H,12-14H2,1-2H3/t16-/m0/s1. The first-order chi connectivity index (χ1) is 11.0. The van der Waals surface area contributed by atoms with Gasteiger partial charge in [0.15, 0.2) is 0 Å². The van der Waals surface area contributed by atoms with Gasteiger partial charge in [0.2, 0.25) is 0 Å². The van der Waals surface area contributed by atoms with Crippen LogP contribution in [0.4, 0.5) is 0 Å². The molecule has 2 rings (SSSR count). The van der Waals surface area contributed by atoms with E-state index in [1.54, 1.807) is 24.3 Å². The molecule has 2 aromatic rings. The molecule has 0 aliphatic rings. The lowest BCUT2D eigenvalue weighted by Gasteiger charge is -2.13. The van der Waals surface area contributed by atoms with Crippen molar-refractivity contribution in [2.24, 2.45) is 0 Å². The summed E-state index contributed by atoms with van der Waals surface area (Å²) in [5.41, 5.74) is 2.10. The summed E-state index contributed by atoms with van der Waals surface area (Å²) in [4.78, 5) is 0.181. The molecular formula is C18H22O4S. The molecule has 0 unspecified atom stereocenters. The molecule has 4 nitrogen and oxygen atoms in total. The fourth-order valence-electron chi connectivity index (χ4n) is 1.99. The Balaban J connectivity index is 1.76. The zero-order chi connectivity index (χ0) is 16.7. The summed E-state index contributed by atoms with van der Waals surface area (Å²) in [6.07, 6.45) is 0.432. The van der Waals surface area contributed by atoms with Crippen LogP contribution in [0.25, 0.3) is 0 Å². The van der Waals surface area contributed by atoms with Gasteiger partial charge < -0.3 is 4.74 Å². The Labute approximate surface area is 138 Å². The SMILES string of the molecule is Cc1ccc(S(=O)(=O)OCC[C@H](C)OCc2ccccc2)cc1. The summed E-state index contributed by atoms with van der Waals surface area (Å²) in [7, 11) is -3.70. The molecule has 0 radical (unpaired) electrons. The second-order valence-corrected chi connectivity index (χ2v) is 7.10. The van der Waals surface area contributed by atoms with Gasteiger partial charge in [-0.3, -0.25) is 4.18 Å². The highest BCUT2D eigenvalue weighted by Crippen LogP contribution is 2.14. The highest BCUT2D eigenvalue weighted by atomic mass is 32.2. The molecule has 0 amide bonds. The Bertz CT molecular complexity index is 694. The van der Waals surface area contributed by atoms with Crippen molar-refractivity contribution in [1.29, 1.82) is 0 Å². The molecular weight excluding hydrogens is 312 g/mol. The molecule has 124 valence electrons. The van der Waals surface area contributed by atoms with Crippen molar-refractivity contribution in [3.63, 3.8) is 0 Å². The maximum atomic E-state index is 12.0. The Hall–Kier alpha value is -1.69. The number of aryl methyl sites for hydroxylation is 1. The molecule has 0 bridgehead atoms. The Morgan fingerprint density at radius 2 is 1.65 bits per heavy atom. The molecule has 0 N–H and O–H groups in total. The van der Waals surface area contributed by atoms with E-state index >= 15 is 0 Å². The quantitative estimate of drug-likeness (QED) is 0.691. The average Bonchev–Trinajstić information content (AvgIpc) is 2.54. The van der Waals surface area contributed by atoms with E-state index in [-0.39, 0.29) is 17.6 Å². The van der Waals surface area contributed by atoms with Gasteiger partial charge in [-0.1, -0.05) is 48.0 Å². The van der Waals surface area contributed by atoms with Crippen LogP contribution in [0, 0.1) is 6.92 Å². The fourth-order valence-corrected chi connectivity index (χ4v) is 2.91. The highest BCUT2D eigenvalue weighted by molar-refractivity contribution is 7.86. The summed E-state index contributed by atoms with van der Waals surface area (Å²) in [5, 5.41) is 0. The first-order valence-corrected chi connectivity index (χ1v) is 9.00. The van der Waals surface area contributed by atoms with Crippen LogP contribution in [-0.4, -0.2) is 21.1 Å². The van der Waals surface area contributed by atoms with Crippen LogP contribution >= 0.6 is 0 Å². The molecule has 0 aliphatic heterocycles. The van der Waals surface area contributed by atoms with Crippen molar-refractivity contribution in [1.82, 2.24) is 0 Å². The van der Waals surface area contributed by atoms with Gasteiger partial charge >= 0.3 is 0 Å². The number of rotatable bonds is 8.